The van der Waals surface area contributed by atoms with Gasteiger partial charge in [-0.3, -0.25) is 0 Å². The zero-order valence-corrected chi connectivity index (χ0v) is 21.4. The number of aryl methyl sites for hydroxylation is 2. The van der Waals surface area contributed by atoms with Gasteiger partial charge in [-0.25, -0.2) is 9.78 Å². The number of aromatic carboxylic acids is 1. The van der Waals surface area contributed by atoms with E-state index in [4.69, 9.17) is 5.11 Å². The summed E-state index contributed by atoms with van der Waals surface area (Å²) < 4.78 is 42.5. The molecule has 10 heteroatoms. The number of alkyl halides is 3. The minimum Gasteiger partial charge on any atom is -0.658 e. The number of carboxylic acid groups (broad SMARTS) is 1. The van der Waals surface area contributed by atoms with E-state index in [1.165, 1.54) is 35.8 Å². The van der Waals surface area contributed by atoms with E-state index in [1.54, 1.807) is 23.7 Å². The largest absolute Gasteiger partial charge is 0.658 e. The number of imidazole rings is 1. The van der Waals surface area contributed by atoms with Gasteiger partial charge in [0.25, 0.3) is 0 Å². The minimum absolute atomic E-state index is 0.0810. The van der Waals surface area contributed by atoms with Crippen molar-refractivity contribution in [3.8, 4) is 5.75 Å². The van der Waals surface area contributed by atoms with Crippen molar-refractivity contribution in [3.63, 3.8) is 0 Å². The minimum atomic E-state index is -4.66. The number of likely N-dealkylation sites (tertiary alicyclic amines) is 1. The molecular formula is C28H32F3N4O3-. The van der Waals surface area contributed by atoms with Gasteiger partial charge in [0.15, 0.2) is 5.69 Å². The van der Waals surface area contributed by atoms with Crippen LogP contribution < -0.4 is 4.74 Å². The molecule has 0 bridgehead atoms. The molecule has 1 aliphatic carbocycles. The van der Waals surface area contributed by atoms with Crippen molar-refractivity contribution in [3.05, 3.63) is 88.8 Å². The van der Waals surface area contributed by atoms with Crippen LogP contribution in [0.1, 0.15) is 27.2 Å². The fourth-order valence-electron chi connectivity index (χ4n) is 4.94. The Balaban J connectivity index is 0.000000317. The van der Waals surface area contributed by atoms with Crippen LogP contribution in [0.15, 0.2) is 61.1 Å². The summed E-state index contributed by atoms with van der Waals surface area (Å²) in [6, 6.07) is 14.8. The van der Waals surface area contributed by atoms with Crippen LogP contribution in [0.5, 0.6) is 5.75 Å². The van der Waals surface area contributed by atoms with Crippen LogP contribution in [-0.4, -0.2) is 58.1 Å². The van der Waals surface area contributed by atoms with Gasteiger partial charge >= 0.3 is 12.3 Å². The maximum atomic E-state index is 12.3. The molecule has 2 atom stereocenters. The summed E-state index contributed by atoms with van der Waals surface area (Å²) in [7, 11) is 1.72. The molecule has 2 unspecified atom stereocenters. The highest BCUT2D eigenvalue weighted by Gasteiger charge is 2.52. The van der Waals surface area contributed by atoms with Gasteiger partial charge in [-0.1, -0.05) is 53.4 Å². The number of nitrogens with zero attached hydrogens (tertiary/aromatic N) is 4. The van der Waals surface area contributed by atoms with Gasteiger partial charge in [0.05, 0.1) is 6.33 Å². The van der Waals surface area contributed by atoms with Crippen LogP contribution in [0.25, 0.3) is 5.32 Å². The molecule has 1 aromatic heterocycles. The second kappa shape index (κ2) is 12.0. The van der Waals surface area contributed by atoms with Crippen molar-refractivity contribution in [2.45, 2.75) is 26.3 Å². The van der Waals surface area contributed by atoms with Crippen molar-refractivity contribution >= 4 is 5.97 Å². The molecule has 1 aliphatic heterocycles. The fraction of sp³-hybridized carbons (Fsp3) is 0.429. The van der Waals surface area contributed by atoms with E-state index in [0.29, 0.717) is 12.5 Å². The summed E-state index contributed by atoms with van der Waals surface area (Å²) in [4.78, 5) is 16.3. The molecule has 5 rings (SSSR count). The Labute approximate surface area is 220 Å². The van der Waals surface area contributed by atoms with E-state index in [-0.39, 0.29) is 11.4 Å². The van der Waals surface area contributed by atoms with Crippen molar-refractivity contribution in [1.82, 2.24) is 14.5 Å². The van der Waals surface area contributed by atoms with Crippen LogP contribution in [0.3, 0.4) is 0 Å². The lowest BCUT2D eigenvalue weighted by Crippen LogP contribution is -2.27. The highest BCUT2D eigenvalue weighted by molar-refractivity contribution is 5.84. The Morgan fingerprint density at radius 2 is 1.84 bits per heavy atom. The molecule has 2 heterocycles. The number of piperidine rings is 1. The fourth-order valence-corrected chi connectivity index (χ4v) is 4.94. The molecule has 0 radical (unpaired) electrons. The summed E-state index contributed by atoms with van der Waals surface area (Å²) >= 11 is 0. The zero-order valence-electron chi connectivity index (χ0n) is 21.4. The van der Waals surface area contributed by atoms with Crippen molar-refractivity contribution in [2.75, 3.05) is 26.2 Å². The second-order valence-electron chi connectivity index (χ2n) is 9.98. The van der Waals surface area contributed by atoms with Gasteiger partial charge in [0.1, 0.15) is 5.75 Å². The summed E-state index contributed by atoms with van der Waals surface area (Å²) in [5.41, 5.74) is 3.51. The molecule has 2 aliphatic rings. The first-order valence-corrected chi connectivity index (χ1v) is 12.5. The summed E-state index contributed by atoms with van der Waals surface area (Å²) in [5, 5.41) is 12.9. The van der Waals surface area contributed by atoms with Crippen molar-refractivity contribution in [1.29, 1.82) is 0 Å². The molecule has 7 nitrogen and oxygen atoms in total. The molecule has 3 aromatic rings. The van der Waals surface area contributed by atoms with Crippen LogP contribution in [0.4, 0.5) is 13.2 Å². The standard InChI is InChI=1S/C23H26F3N2O.C5H6N2O2/c1-16-5-7-17(8-6-16)9-10-28-14-21-20(22(21)15-28)13-27-12-18-3-2-4-19(11-18)29-23(24,25)26;1-7-2-4(5(8)9)6-3-7/h2-8,11,20-22H,9-10,12-15H2,1H3;2-3H,1H3,(H,8,9)/q-1;. The third kappa shape index (κ3) is 8.06. The number of hydrogen-bond donors (Lipinski definition) is 1. The van der Waals surface area contributed by atoms with Crippen molar-refractivity contribution in [2.24, 2.45) is 24.8 Å². The lowest BCUT2D eigenvalue weighted by Gasteiger charge is -2.24. The van der Waals surface area contributed by atoms with Gasteiger partial charge in [-0.15, -0.1) is 26.3 Å². The average molecular weight is 530 g/mol. The number of aromatic nitrogens is 2. The predicted octanol–water partition coefficient (Wildman–Crippen LogP) is 5.31. The summed E-state index contributed by atoms with van der Waals surface area (Å²) in [6.07, 6.45) is -0.677. The molecule has 1 saturated carbocycles. The van der Waals surface area contributed by atoms with E-state index >= 15 is 0 Å². The first-order chi connectivity index (χ1) is 18.1. The van der Waals surface area contributed by atoms with Crippen LogP contribution >= 0.6 is 0 Å². The highest BCUT2D eigenvalue weighted by Crippen LogP contribution is 2.52. The van der Waals surface area contributed by atoms with Crippen molar-refractivity contribution < 1.29 is 27.8 Å². The molecular weight excluding hydrogens is 497 g/mol. The molecule has 1 N–H and O–H groups in total. The number of fused-ring (bicyclic) bond motifs is 1. The van der Waals surface area contributed by atoms with Gasteiger partial charge in [0, 0.05) is 32.9 Å². The molecule has 0 spiro atoms. The van der Waals surface area contributed by atoms with Gasteiger partial charge in [0.2, 0.25) is 0 Å². The first kappa shape index (κ1) is 27.7. The van der Waals surface area contributed by atoms with E-state index in [1.807, 2.05) is 0 Å². The normalized spacial score (nSPS) is 20.4. The van der Waals surface area contributed by atoms with Gasteiger partial charge in [-0.05, 0) is 42.9 Å². The molecule has 2 aromatic carbocycles. The quantitative estimate of drug-likeness (QED) is 0.407. The predicted molar refractivity (Wildman–Crippen MR) is 137 cm³/mol. The topological polar surface area (TPSA) is 81.7 Å². The van der Waals surface area contributed by atoms with Crippen LogP contribution in [-0.2, 0) is 20.0 Å². The average Bonchev–Trinajstić information content (AvgIpc) is 3.17. The third-order valence-electron chi connectivity index (χ3n) is 6.97. The Morgan fingerprint density at radius 1 is 1.13 bits per heavy atom. The highest BCUT2D eigenvalue weighted by atomic mass is 19.4. The van der Waals surface area contributed by atoms with Gasteiger partial charge in [-0.2, -0.15) is 0 Å². The monoisotopic (exact) mass is 529 g/mol. The Kier molecular flexibility index (Phi) is 8.73. The Hall–Kier alpha value is -3.37. The van der Waals surface area contributed by atoms with Crippen LogP contribution in [0, 0.1) is 24.7 Å². The first-order valence-electron chi connectivity index (χ1n) is 12.5. The summed E-state index contributed by atoms with van der Waals surface area (Å²) in [6.45, 7) is 6.73. The Morgan fingerprint density at radius 3 is 2.42 bits per heavy atom. The number of carboxylic acids is 1. The maximum Gasteiger partial charge on any atom is 0.573 e. The van der Waals surface area contributed by atoms with E-state index in [2.05, 4.69) is 51.1 Å². The number of halogens is 3. The van der Waals surface area contributed by atoms with E-state index in [0.717, 1.165) is 50.0 Å². The smallest absolute Gasteiger partial charge is 0.573 e. The molecule has 1 saturated heterocycles. The molecule has 0 amide bonds. The molecule has 2 fully saturated rings. The lowest BCUT2D eigenvalue weighted by atomic mass is 10.1. The van der Waals surface area contributed by atoms with E-state index < -0.39 is 12.3 Å². The van der Waals surface area contributed by atoms with Crippen LogP contribution in [0.2, 0.25) is 0 Å². The number of ether oxygens (including phenoxy) is 1. The van der Waals surface area contributed by atoms with E-state index in [9.17, 15) is 18.0 Å². The zero-order chi connectivity index (χ0) is 27.3. The third-order valence-corrected chi connectivity index (χ3v) is 6.97. The van der Waals surface area contributed by atoms with Gasteiger partial charge < -0.3 is 24.6 Å². The SMILES string of the molecule is Cc1ccc(CCN2CC3C(C[N-]Cc4cccc(OC(F)(F)F)c4)C3C2)cc1.Cn1cnc(C(=O)O)c1. The number of hydrogen-bond acceptors (Lipinski definition) is 4. The maximum absolute atomic E-state index is 12.3. The number of rotatable bonds is 9. The second-order valence-corrected chi connectivity index (χ2v) is 9.98. The Bertz CT molecular complexity index is 1200. The number of benzene rings is 2. The molecule has 38 heavy (non-hydrogen) atoms. The lowest BCUT2D eigenvalue weighted by molar-refractivity contribution is -0.274. The molecule has 204 valence electrons. The number of carbonyl (C=O) groups is 1. The summed E-state index contributed by atoms with van der Waals surface area (Å²) in [5.74, 6) is 0.932.